The molecule has 0 rings (SSSR count). The predicted molar refractivity (Wildman–Crippen MR) is 37.6 cm³/mol. The molecule has 0 fully saturated rings. The summed E-state index contributed by atoms with van der Waals surface area (Å²) in [7, 11) is 22.5. The molecule has 0 spiro atoms. The summed E-state index contributed by atoms with van der Waals surface area (Å²) in [5.74, 6) is 0. The number of halogens is 6. The van der Waals surface area contributed by atoms with E-state index in [1.54, 1.807) is 0 Å². The standard InChI is InChI=1S/ClO.5ClH.2O.V/c1-2;;;;;;;;/h;5*1H;;;/q-1;;;;;;;;+6/p-5. The number of rotatable bonds is 1. The molecular weight excluding hydrogens is 312 g/mol. The zero-order chi connectivity index (χ0) is 9.06. The molecule has 0 saturated carbocycles. The average molecular weight is 312 g/mol. The molecule has 0 aliphatic carbocycles. The van der Waals surface area contributed by atoms with Crippen LogP contribution >= 0.6 is 61.1 Å². The van der Waals surface area contributed by atoms with Gasteiger partial charge in [0.05, 0.1) is 0 Å². The molecule has 0 aliphatic heterocycles. The Morgan fingerprint density at radius 2 is 1.00 bits per heavy atom. The summed E-state index contributed by atoms with van der Waals surface area (Å²) in [6, 6.07) is 0. The van der Waals surface area contributed by atoms with Crippen LogP contribution in [0.3, 0.4) is 0 Å². The van der Waals surface area contributed by atoms with Gasteiger partial charge < -0.3 is 0 Å². The maximum absolute atomic E-state index is 10.9. The Bertz CT molecular complexity index is 372. The van der Waals surface area contributed by atoms with Crippen molar-refractivity contribution in [2.45, 2.75) is 0 Å². The molecule has 0 aromatic heterocycles. The van der Waals surface area contributed by atoms with E-state index < -0.39 is 4.94 Å². The average Bonchev–Trinajstić information content (AvgIpc) is 1.25. The monoisotopic (exact) mass is 309 g/mol. The van der Waals surface area contributed by atoms with Gasteiger partial charge in [-0.25, -0.2) is 0 Å². The van der Waals surface area contributed by atoms with Crippen LogP contribution in [0.2, 0.25) is 0 Å². The molecular formula is Cl6O3V. The van der Waals surface area contributed by atoms with E-state index in [9.17, 15) is 7.35 Å². The Hall–Kier alpha value is 1.88. The molecule has 0 N–H and O–H groups in total. The summed E-state index contributed by atoms with van der Waals surface area (Å²) in [4.78, 5) is -9.10. The second-order valence-corrected chi connectivity index (χ2v) is 38.3. The van der Waals surface area contributed by atoms with Crippen molar-refractivity contribution in [2.24, 2.45) is 0 Å². The van der Waals surface area contributed by atoms with Crippen LogP contribution in [-0.4, -0.2) is 0 Å². The van der Waals surface area contributed by atoms with E-state index in [1.165, 1.54) is 0 Å². The first kappa shape index (κ1) is 11.9. The quantitative estimate of drug-likeness (QED) is 0.739. The number of hydrogen-bond acceptors (Lipinski definition) is 3. The van der Waals surface area contributed by atoms with Gasteiger partial charge >= 0.3 is 76.6 Å². The topological polar surface area (TPSA) is 43.4 Å². The SMILES string of the molecule is [O]=[V](=[O])([Cl])([Cl])([Cl])([Cl])([Cl])[O]Cl. The molecule has 0 aliphatic rings. The molecule has 10 heteroatoms. The Morgan fingerprint density at radius 3 is 1.00 bits per heavy atom. The van der Waals surface area contributed by atoms with Crippen molar-refractivity contribution in [3.05, 3.63) is 0 Å². The molecule has 0 heterocycles. The van der Waals surface area contributed by atoms with Gasteiger partial charge in [-0.3, -0.25) is 0 Å². The third kappa shape index (κ3) is 9.88. The summed E-state index contributed by atoms with van der Waals surface area (Å²) < 4.78 is 24.7. The van der Waals surface area contributed by atoms with Crippen LogP contribution in [0.15, 0.2) is 0 Å². The third-order valence-corrected chi connectivity index (χ3v) is 5.54. The predicted octanol–water partition coefficient (Wildman–Crippen LogP) is 3.83. The van der Waals surface area contributed by atoms with Crippen LogP contribution < -0.4 is 0 Å². The minimum atomic E-state index is -9.10. The second-order valence-electron chi connectivity index (χ2n) is 1.97. The minimum absolute atomic E-state index is 3.03. The number of hydrogen-bond donors (Lipinski definition) is 0. The van der Waals surface area contributed by atoms with Crippen LogP contribution in [0.5, 0.6) is 0 Å². The molecule has 0 aromatic rings. The molecule has 65 valence electrons. The summed E-state index contributed by atoms with van der Waals surface area (Å²) in [6.45, 7) is 0. The third-order valence-electron chi connectivity index (χ3n) is 0.187. The molecule has 0 atom stereocenters. The molecule has 0 amide bonds. The van der Waals surface area contributed by atoms with Gasteiger partial charge in [0.2, 0.25) is 0 Å². The zero-order valence-electron chi connectivity index (χ0n) is 3.94. The summed E-state index contributed by atoms with van der Waals surface area (Å²) in [5, 5.41) is 0. The first-order valence-corrected chi connectivity index (χ1v) is 13.2. The summed E-state index contributed by atoms with van der Waals surface area (Å²) in [5.41, 5.74) is 0. The van der Waals surface area contributed by atoms with Crippen LogP contribution in [0, 0.1) is 0 Å². The summed E-state index contributed by atoms with van der Waals surface area (Å²) in [6.07, 6.45) is 0. The molecule has 10 heavy (non-hydrogen) atoms. The van der Waals surface area contributed by atoms with Gasteiger partial charge in [-0.05, 0) is 0 Å². The molecule has 0 bridgehead atoms. The zero-order valence-corrected chi connectivity index (χ0v) is 9.87. The van der Waals surface area contributed by atoms with Gasteiger partial charge in [0.25, 0.3) is 0 Å². The van der Waals surface area contributed by atoms with Crippen LogP contribution in [0.4, 0.5) is 0 Å². The fourth-order valence-electron chi connectivity index (χ4n) is 0. The van der Waals surface area contributed by atoms with Crippen molar-refractivity contribution >= 4 is 61.1 Å². The van der Waals surface area contributed by atoms with Crippen LogP contribution in [0.1, 0.15) is 0 Å². The van der Waals surface area contributed by atoms with Crippen LogP contribution in [0.25, 0.3) is 0 Å². The van der Waals surface area contributed by atoms with Crippen molar-refractivity contribution < 1.29 is 15.5 Å². The van der Waals surface area contributed by atoms with Crippen molar-refractivity contribution in [2.75, 3.05) is 0 Å². The fourth-order valence-corrected chi connectivity index (χ4v) is 0. The van der Waals surface area contributed by atoms with Crippen molar-refractivity contribution in [3.63, 3.8) is 0 Å². The van der Waals surface area contributed by atoms with Gasteiger partial charge in [0, 0.05) is 0 Å². The molecule has 3 nitrogen and oxygen atoms in total. The molecule has 0 unspecified atom stereocenters. The summed E-state index contributed by atoms with van der Waals surface area (Å²) >= 11 is 4.33. The van der Waals surface area contributed by atoms with Crippen molar-refractivity contribution in [3.8, 4) is 0 Å². The maximum atomic E-state index is 10.9. The first-order chi connectivity index (χ1) is 3.43. The van der Waals surface area contributed by atoms with E-state index in [2.05, 4.69) is 64.3 Å². The molecule has 0 radical (unpaired) electrons. The van der Waals surface area contributed by atoms with Crippen molar-refractivity contribution in [1.82, 2.24) is 0 Å². The van der Waals surface area contributed by atoms with Gasteiger partial charge in [0.15, 0.2) is 0 Å². The van der Waals surface area contributed by atoms with Crippen molar-refractivity contribution in [1.29, 1.82) is 0 Å². The fraction of sp³-hybridized carbons (Fsp3) is 0. The van der Waals surface area contributed by atoms with Crippen LogP contribution in [-0.2, 0) is 15.5 Å². The van der Waals surface area contributed by atoms with Gasteiger partial charge in [-0.15, -0.1) is 0 Å². The Labute approximate surface area is 75.9 Å². The van der Waals surface area contributed by atoms with E-state index in [1.807, 2.05) is 0 Å². The Morgan fingerprint density at radius 1 is 0.900 bits per heavy atom. The van der Waals surface area contributed by atoms with E-state index in [0.717, 1.165) is 0 Å². The Balaban J connectivity index is 6.56. The van der Waals surface area contributed by atoms with Gasteiger partial charge in [-0.2, -0.15) is 0 Å². The van der Waals surface area contributed by atoms with E-state index in [4.69, 9.17) is 0 Å². The first-order valence-electron chi connectivity index (χ1n) is 1.55. The van der Waals surface area contributed by atoms with E-state index >= 15 is 0 Å². The van der Waals surface area contributed by atoms with E-state index in [-0.39, 0.29) is 0 Å². The normalized spacial score (nSPS) is 29.0. The Kier molecular flexibility index (Phi) is 1.32. The van der Waals surface area contributed by atoms with E-state index in [0.29, 0.717) is 0 Å². The van der Waals surface area contributed by atoms with Gasteiger partial charge in [-0.1, -0.05) is 0 Å². The second kappa shape index (κ2) is 1.11. The van der Waals surface area contributed by atoms with Gasteiger partial charge in [0.1, 0.15) is 0 Å². The molecule has 0 aromatic carbocycles. The molecule has 0 saturated heterocycles.